The molecule has 5 nitrogen and oxygen atoms in total. The van der Waals surface area contributed by atoms with Crippen molar-refractivity contribution in [3.05, 3.63) is 58.7 Å². The lowest BCUT2D eigenvalue weighted by molar-refractivity contribution is -0.117. The largest absolute Gasteiger partial charge is 0.312 e. The third-order valence-corrected chi connectivity index (χ3v) is 7.79. The highest BCUT2D eigenvalue weighted by atomic mass is 32.2. The maximum absolute atomic E-state index is 13.1. The van der Waals surface area contributed by atoms with Crippen molar-refractivity contribution in [3.8, 4) is 0 Å². The Kier molecular flexibility index (Phi) is 5.98. The summed E-state index contributed by atoms with van der Waals surface area (Å²) in [7, 11) is -3.67. The Balaban J connectivity index is 1.57. The number of hydrogen-bond acceptors (Lipinski definition) is 3. The van der Waals surface area contributed by atoms with Crippen LogP contribution in [0.1, 0.15) is 67.3 Å². The maximum Gasteiger partial charge on any atom is 0.241 e. The van der Waals surface area contributed by atoms with Crippen LogP contribution in [0.25, 0.3) is 0 Å². The summed E-state index contributed by atoms with van der Waals surface area (Å²) >= 11 is 0. The first kappa shape index (κ1) is 21.1. The first-order valence-electron chi connectivity index (χ1n) is 10.9. The van der Waals surface area contributed by atoms with Crippen molar-refractivity contribution in [1.29, 1.82) is 0 Å². The molecule has 2 aliphatic rings. The van der Waals surface area contributed by atoms with Crippen LogP contribution in [0.2, 0.25) is 0 Å². The van der Waals surface area contributed by atoms with Gasteiger partial charge in [-0.3, -0.25) is 4.79 Å². The van der Waals surface area contributed by atoms with E-state index in [-0.39, 0.29) is 16.8 Å². The van der Waals surface area contributed by atoms with E-state index in [1.54, 1.807) is 23.1 Å². The van der Waals surface area contributed by atoms with E-state index in [0.717, 1.165) is 36.1 Å². The lowest BCUT2D eigenvalue weighted by atomic mass is 9.89. The van der Waals surface area contributed by atoms with E-state index in [4.69, 9.17) is 0 Å². The molecule has 160 valence electrons. The standard InChI is InChI=1S/C24H30N2O3S/c1-3-22(20-11-10-18-7-4-5-8-19(18)16-20)25-30(28,29)21-12-13-23(17(2)15-21)26-14-6-9-24(26)27/h10-13,15-16,22,25H,3-9,14H2,1-2H3/t22-/m1/s1. The maximum atomic E-state index is 13.1. The van der Waals surface area contributed by atoms with Gasteiger partial charge in [-0.1, -0.05) is 25.1 Å². The number of nitrogens with one attached hydrogen (secondary N) is 1. The molecule has 1 atom stereocenters. The first-order chi connectivity index (χ1) is 14.4. The predicted molar refractivity (Wildman–Crippen MR) is 119 cm³/mol. The van der Waals surface area contributed by atoms with Gasteiger partial charge in [0.1, 0.15) is 0 Å². The SMILES string of the molecule is CC[C@@H](NS(=O)(=O)c1ccc(N2CCCC2=O)c(C)c1)c1ccc2c(c1)CCCC2. The van der Waals surface area contributed by atoms with Crippen LogP contribution >= 0.6 is 0 Å². The Labute approximate surface area is 179 Å². The molecule has 1 aliphatic carbocycles. The molecule has 0 radical (unpaired) electrons. The van der Waals surface area contributed by atoms with Gasteiger partial charge in [0.2, 0.25) is 15.9 Å². The van der Waals surface area contributed by atoms with Crippen molar-refractivity contribution in [3.63, 3.8) is 0 Å². The summed E-state index contributed by atoms with van der Waals surface area (Å²) in [4.78, 5) is 14.0. The molecule has 0 spiro atoms. The number of amides is 1. The minimum absolute atomic E-state index is 0.102. The number of aryl methyl sites for hydroxylation is 3. The average Bonchev–Trinajstić information content (AvgIpc) is 3.17. The zero-order valence-electron chi connectivity index (χ0n) is 17.8. The van der Waals surface area contributed by atoms with Crippen molar-refractivity contribution >= 4 is 21.6 Å². The number of fused-ring (bicyclic) bond motifs is 1. The Hall–Kier alpha value is -2.18. The normalized spacial score (nSPS) is 17.8. The van der Waals surface area contributed by atoms with E-state index in [2.05, 4.69) is 22.9 Å². The number of carbonyl (C=O) groups is 1. The summed E-state index contributed by atoms with van der Waals surface area (Å²) < 4.78 is 29.1. The van der Waals surface area contributed by atoms with Crippen LogP contribution in [-0.4, -0.2) is 20.9 Å². The van der Waals surface area contributed by atoms with E-state index >= 15 is 0 Å². The van der Waals surface area contributed by atoms with Crippen LogP contribution in [0.5, 0.6) is 0 Å². The quantitative estimate of drug-likeness (QED) is 0.743. The van der Waals surface area contributed by atoms with Gasteiger partial charge in [-0.2, -0.15) is 0 Å². The number of benzene rings is 2. The second kappa shape index (κ2) is 8.52. The second-order valence-corrected chi connectivity index (χ2v) is 10.1. The smallest absolute Gasteiger partial charge is 0.241 e. The third kappa shape index (κ3) is 4.16. The van der Waals surface area contributed by atoms with E-state index < -0.39 is 10.0 Å². The highest BCUT2D eigenvalue weighted by Crippen LogP contribution is 2.30. The van der Waals surface area contributed by atoms with Gasteiger partial charge in [-0.15, -0.1) is 0 Å². The van der Waals surface area contributed by atoms with Gasteiger partial charge in [-0.25, -0.2) is 13.1 Å². The van der Waals surface area contributed by atoms with Crippen LogP contribution in [0.3, 0.4) is 0 Å². The molecule has 2 aromatic carbocycles. The average molecular weight is 427 g/mol. The molecule has 4 rings (SSSR count). The van der Waals surface area contributed by atoms with Gasteiger partial charge in [-0.05, 0) is 85.9 Å². The van der Waals surface area contributed by atoms with Crippen molar-refractivity contribution in [2.24, 2.45) is 0 Å². The lowest BCUT2D eigenvalue weighted by Gasteiger charge is -2.22. The monoisotopic (exact) mass is 426 g/mol. The molecule has 0 saturated carbocycles. The summed E-state index contributed by atoms with van der Waals surface area (Å²) in [5.74, 6) is 0.102. The third-order valence-electron chi connectivity index (χ3n) is 6.32. The Bertz CT molecular complexity index is 1060. The second-order valence-electron chi connectivity index (χ2n) is 8.41. The van der Waals surface area contributed by atoms with E-state index in [1.807, 2.05) is 13.8 Å². The first-order valence-corrected chi connectivity index (χ1v) is 12.4. The number of sulfonamides is 1. The van der Waals surface area contributed by atoms with E-state index in [9.17, 15) is 13.2 Å². The zero-order valence-corrected chi connectivity index (χ0v) is 18.6. The van der Waals surface area contributed by atoms with Crippen molar-refractivity contribution in [2.75, 3.05) is 11.4 Å². The molecule has 0 bridgehead atoms. The fourth-order valence-corrected chi connectivity index (χ4v) is 6.01. The highest BCUT2D eigenvalue weighted by Gasteiger charge is 2.26. The molecule has 30 heavy (non-hydrogen) atoms. The Morgan fingerprint density at radius 1 is 1.00 bits per heavy atom. The highest BCUT2D eigenvalue weighted by molar-refractivity contribution is 7.89. The molecule has 1 aliphatic heterocycles. The molecule has 1 amide bonds. The van der Waals surface area contributed by atoms with E-state index in [1.165, 1.54) is 24.0 Å². The molecule has 1 saturated heterocycles. The Morgan fingerprint density at radius 2 is 1.77 bits per heavy atom. The number of hydrogen-bond donors (Lipinski definition) is 1. The molecule has 6 heteroatoms. The summed E-state index contributed by atoms with van der Waals surface area (Å²) in [6.45, 7) is 4.56. The van der Waals surface area contributed by atoms with Gasteiger partial charge < -0.3 is 4.90 Å². The van der Waals surface area contributed by atoms with Gasteiger partial charge in [0.25, 0.3) is 0 Å². The zero-order chi connectivity index (χ0) is 21.3. The van der Waals surface area contributed by atoms with Crippen LogP contribution in [-0.2, 0) is 27.7 Å². The number of anilines is 1. The molecule has 2 aromatic rings. The summed E-state index contributed by atoms with van der Waals surface area (Å²) in [6.07, 6.45) is 6.69. The van der Waals surface area contributed by atoms with Crippen molar-refractivity contribution in [2.45, 2.75) is 69.7 Å². The molecule has 0 aromatic heterocycles. The Morgan fingerprint density at radius 3 is 2.43 bits per heavy atom. The topological polar surface area (TPSA) is 66.5 Å². The summed E-state index contributed by atoms with van der Waals surface area (Å²) in [5.41, 5.74) is 5.38. The van der Waals surface area contributed by atoms with Crippen molar-refractivity contribution < 1.29 is 13.2 Å². The molecular formula is C24H30N2O3S. The van der Waals surface area contributed by atoms with Gasteiger partial charge in [0, 0.05) is 24.7 Å². The van der Waals surface area contributed by atoms with Crippen LogP contribution in [0.15, 0.2) is 41.3 Å². The molecule has 1 N–H and O–H groups in total. The summed E-state index contributed by atoms with van der Waals surface area (Å²) in [6, 6.07) is 11.2. The minimum Gasteiger partial charge on any atom is -0.312 e. The number of nitrogens with zero attached hydrogens (tertiary/aromatic N) is 1. The number of rotatable bonds is 6. The van der Waals surface area contributed by atoms with Crippen molar-refractivity contribution in [1.82, 2.24) is 4.72 Å². The molecule has 1 fully saturated rings. The fourth-order valence-electron chi connectivity index (χ4n) is 4.61. The predicted octanol–water partition coefficient (Wildman–Crippen LogP) is 4.43. The minimum atomic E-state index is -3.67. The van der Waals surface area contributed by atoms with Crippen LogP contribution < -0.4 is 9.62 Å². The summed E-state index contributed by atoms with van der Waals surface area (Å²) in [5, 5.41) is 0. The van der Waals surface area contributed by atoms with E-state index in [0.29, 0.717) is 19.4 Å². The van der Waals surface area contributed by atoms with Crippen LogP contribution in [0, 0.1) is 6.92 Å². The van der Waals surface area contributed by atoms with Gasteiger partial charge in [0.15, 0.2) is 0 Å². The molecular weight excluding hydrogens is 396 g/mol. The van der Waals surface area contributed by atoms with Crippen LogP contribution in [0.4, 0.5) is 5.69 Å². The number of carbonyl (C=O) groups excluding carboxylic acids is 1. The fraction of sp³-hybridized carbons (Fsp3) is 0.458. The van der Waals surface area contributed by atoms with Gasteiger partial charge in [0.05, 0.1) is 4.90 Å². The molecule has 0 unspecified atom stereocenters. The molecule has 1 heterocycles. The van der Waals surface area contributed by atoms with Gasteiger partial charge >= 0.3 is 0 Å². The lowest BCUT2D eigenvalue weighted by Crippen LogP contribution is -2.29.